The molecule has 0 radical (unpaired) electrons. The van der Waals surface area contributed by atoms with Crippen LogP contribution in [0.4, 0.5) is 5.82 Å². The number of aromatic nitrogens is 2. The van der Waals surface area contributed by atoms with Crippen LogP contribution in [0, 0.1) is 0 Å². The third kappa shape index (κ3) is 3.17. The van der Waals surface area contributed by atoms with Crippen molar-refractivity contribution in [3.8, 4) is 0 Å². The van der Waals surface area contributed by atoms with Gasteiger partial charge < -0.3 is 5.32 Å². The molecule has 0 aliphatic carbocycles. The summed E-state index contributed by atoms with van der Waals surface area (Å²) in [5.74, 6) is 1.03. The van der Waals surface area contributed by atoms with Gasteiger partial charge in [-0.1, -0.05) is 48.9 Å². The number of rotatable bonds is 4. The smallest absolute Gasteiger partial charge is 0.171 e. The minimum atomic E-state index is 0.397. The molecule has 1 unspecified atom stereocenters. The largest absolute Gasteiger partial charge is 0.367 e. The van der Waals surface area contributed by atoms with Crippen LogP contribution in [-0.4, -0.2) is 16.5 Å². The summed E-state index contributed by atoms with van der Waals surface area (Å²) in [5.41, 5.74) is 1.29. The maximum atomic E-state index is 5.92. The van der Waals surface area contributed by atoms with Crippen molar-refractivity contribution < 1.29 is 0 Å². The Hall–Kier alpha value is -1.61. The lowest BCUT2D eigenvalue weighted by atomic mass is 10.0. The number of benzene rings is 1. The molecule has 4 heteroatoms. The molecular formula is C13H14ClN3. The van der Waals surface area contributed by atoms with E-state index >= 15 is 0 Å². The Bertz CT molecular complexity index is 473. The first kappa shape index (κ1) is 11.9. The van der Waals surface area contributed by atoms with Gasteiger partial charge in [0.25, 0.3) is 0 Å². The summed E-state index contributed by atoms with van der Waals surface area (Å²) < 4.78 is 0. The van der Waals surface area contributed by atoms with Gasteiger partial charge >= 0.3 is 0 Å². The zero-order valence-electron chi connectivity index (χ0n) is 9.60. The van der Waals surface area contributed by atoms with Crippen LogP contribution in [-0.2, 0) is 0 Å². The van der Waals surface area contributed by atoms with Gasteiger partial charge in [0.2, 0.25) is 0 Å². The molecule has 0 aliphatic rings. The summed E-state index contributed by atoms with van der Waals surface area (Å²) >= 11 is 5.92. The molecule has 1 aromatic heterocycles. The lowest BCUT2D eigenvalue weighted by molar-refractivity contribution is 0.800. The van der Waals surface area contributed by atoms with Crippen LogP contribution in [0.15, 0.2) is 42.7 Å². The van der Waals surface area contributed by atoms with Crippen LogP contribution >= 0.6 is 11.6 Å². The first-order chi connectivity index (χ1) is 8.27. The molecule has 1 aromatic carbocycles. The van der Waals surface area contributed by atoms with Crippen molar-refractivity contribution in [2.75, 3.05) is 11.9 Å². The Labute approximate surface area is 106 Å². The molecule has 1 atom stereocenters. The fourth-order valence-electron chi connectivity index (χ4n) is 1.59. The monoisotopic (exact) mass is 247 g/mol. The molecule has 0 spiro atoms. The first-order valence-electron chi connectivity index (χ1n) is 5.52. The van der Waals surface area contributed by atoms with E-state index in [2.05, 4.69) is 34.3 Å². The van der Waals surface area contributed by atoms with Gasteiger partial charge in [0.1, 0.15) is 0 Å². The summed E-state index contributed by atoms with van der Waals surface area (Å²) in [6.07, 6.45) is 3.20. The van der Waals surface area contributed by atoms with Crippen molar-refractivity contribution in [3.05, 3.63) is 53.4 Å². The van der Waals surface area contributed by atoms with E-state index < -0.39 is 0 Å². The average Bonchev–Trinajstić information content (AvgIpc) is 2.38. The van der Waals surface area contributed by atoms with Gasteiger partial charge in [-0.05, 0) is 11.5 Å². The van der Waals surface area contributed by atoms with Crippen LogP contribution < -0.4 is 5.32 Å². The van der Waals surface area contributed by atoms with Gasteiger partial charge in [-0.3, -0.25) is 0 Å². The van der Waals surface area contributed by atoms with Gasteiger partial charge in [-0.25, -0.2) is 9.97 Å². The molecular weight excluding hydrogens is 234 g/mol. The Balaban J connectivity index is 1.97. The molecule has 1 N–H and O–H groups in total. The number of hydrogen-bond acceptors (Lipinski definition) is 3. The molecule has 88 valence electrons. The van der Waals surface area contributed by atoms with Crippen molar-refractivity contribution in [2.45, 2.75) is 12.8 Å². The van der Waals surface area contributed by atoms with Gasteiger partial charge in [0.05, 0.1) is 0 Å². The van der Waals surface area contributed by atoms with Crippen LogP contribution in [0.3, 0.4) is 0 Å². The van der Waals surface area contributed by atoms with E-state index in [0.29, 0.717) is 16.9 Å². The topological polar surface area (TPSA) is 37.8 Å². The maximum absolute atomic E-state index is 5.92. The van der Waals surface area contributed by atoms with E-state index in [-0.39, 0.29) is 0 Å². The standard InChI is InChI=1S/C13H14ClN3/c1-10(11-5-3-2-4-6-11)9-17-13-12(14)15-7-8-16-13/h2-8,10H,9H2,1H3,(H,16,17). The Morgan fingerprint density at radius 3 is 2.59 bits per heavy atom. The second-order valence-corrected chi connectivity index (χ2v) is 4.25. The Kier molecular flexibility index (Phi) is 3.94. The van der Waals surface area contributed by atoms with Crippen molar-refractivity contribution in [3.63, 3.8) is 0 Å². The minimum Gasteiger partial charge on any atom is -0.367 e. The summed E-state index contributed by atoms with van der Waals surface area (Å²) in [5, 5.41) is 3.62. The fraction of sp³-hybridized carbons (Fsp3) is 0.231. The molecule has 1 heterocycles. The molecule has 2 aromatic rings. The molecule has 3 nitrogen and oxygen atoms in total. The van der Waals surface area contributed by atoms with Gasteiger partial charge in [0, 0.05) is 18.9 Å². The van der Waals surface area contributed by atoms with Crippen molar-refractivity contribution in [1.82, 2.24) is 9.97 Å². The highest BCUT2D eigenvalue weighted by atomic mass is 35.5. The van der Waals surface area contributed by atoms with Gasteiger partial charge in [0.15, 0.2) is 11.0 Å². The van der Waals surface area contributed by atoms with Crippen LogP contribution in [0.25, 0.3) is 0 Å². The third-order valence-electron chi connectivity index (χ3n) is 2.60. The van der Waals surface area contributed by atoms with E-state index in [0.717, 1.165) is 6.54 Å². The van der Waals surface area contributed by atoms with Crippen LogP contribution in [0.1, 0.15) is 18.4 Å². The van der Waals surface area contributed by atoms with Crippen LogP contribution in [0.2, 0.25) is 5.15 Å². The maximum Gasteiger partial charge on any atom is 0.171 e. The lowest BCUT2D eigenvalue weighted by Crippen LogP contribution is -2.11. The highest BCUT2D eigenvalue weighted by molar-refractivity contribution is 6.31. The molecule has 0 saturated carbocycles. The number of halogens is 1. The van der Waals surface area contributed by atoms with Gasteiger partial charge in [-0.15, -0.1) is 0 Å². The zero-order chi connectivity index (χ0) is 12.1. The van der Waals surface area contributed by atoms with E-state index in [9.17, 15) is 0 Å². The van der Waals surface area contributed by atoms with E-state index in [1.165, 1.54) is 5.56 Å². The predicted molar refractivity (Wildman–Crippen MR) is 70.4 cm³/mol. The quantitative estimate of drug-likeness (QED) is 0.901. The number of anilines is 1. The van der Waals surface area contributed by atoms with E-state index in [1.807, 2.05) is 18.2 Å². The van der Waals surface area contributed by atoms with E-state index in [1.54, 1.807) is 12.4 Å². The summed E-state index contributed by atoms with van der Waals surface area (Å²) in [6, 6.07) is 10.3. The number of hydrogen-bond donors (Lipinski definition) is 1. The number of nitrogens with one attached hydrogen (secondary N) is 1. The second kappa shape index (κ2) is 5.64. The third-order valence-corrected chi connectivity index (χ3v) is 2.87. The normalized spacial score (nSPS) is 12.1. The van der Waals surface area contributed by atoms with Crippen molar-refractivity contribution in [1.29, 1.82) is 0 Å². The van der Waals surface area contributed by atoms with Crippen LogP contribution in [0.5, 0.6) is 0 Å². The van der Waals surface area contributed by atoms with E-state index in [4.69, 9.17) is 11.6 Å². The van der Waals surface area contributed by atoms with Gasteiger partial charge in [-0.2, -0.15) is 0 Å². The molecule has 0 saturated heterocycles. The molecule has 0 fully saturated rings. The molecule has 17 heavy (non-hydrogen) atoms. The molecule has 0 aliphatic heterocycles. The molecule has 0 amide bonds. The first-order valence-corrected chi connectivity index (χ1v) is 5.90. The minimum absolute atomic E-state index is 0.397. The Morgan fingerprint density at radius 2 is 1.88 bits per heavy atom. The molecule has 2 rings (SSSR count). The lowest BCUT2D eigenvalue weighted by Gasteiger charge is -2.13. The molecule has 0 bridgehead atoms. The number of nitrogens with zero attached hydrogens (tertiary/aromatic N) is 2. The average molecular weight is 248 g/mol. The SMILES string of the molecule is CC(CNc1nccnc1Cl)c1ccccc1. The highest BCUT2D eigenvalue weighted by Crippen LogP contribution is 2.18. The zero-order valence-corrected chi connectivity index (χ0v) is 10.4. The summed E-state index contributed by atoms with van der Waals surface area (Å²) in [6.45, 7) is 2.94. The summed E-state index contributed by atoms with van der Waals surface area (Å²) in [4.78, 5) is 8.11. The summed E-state index contributed by atoms with van der Waals surface area (Å²) in [7, 11) is 0. The van der Waals surface area contributed by atoms with Crippen molar-refractivity contribution >= 4 is 17.4 Å². The second-order valence-electron chi connectivity index (χ2n) is 3.89. The van der Waals surface area contributed by atoms with Crippen molar-refractivity contribution in [2.24, 2.45) is 0 Å². The predicted octanol–water partition coefficient (Wildman–Crippen LogP) is 3.35. The highest BCUT2D eigenvalue weighted by Gasteiger charge is 2.06. The Morgan fingerprint density at radius 1 is 1.18 bits per heavy atom. The fourth-order valence-corrected chi connectivity index (χ4v) is 1.76.